The molecule has 0 saturated heterocycles. The van der Waals surface area contributed by atoms with Gasteiger partial charge in [-0.1, -0.05) is 60.7 Å². The number of ether oxygens (including phenoxy) is 2. The molecular weight excluding hydrogens is 332 g/mol. The number of hydrogen-bond donors (Lipinski definition) is 0. The summed E-state index contributed by atoms with van der Waals surface area (Å²) in [4.78, 5) is 0. The maximum absolute atomic E-state index is 5.68. The summed E-state index contributed by atoms with van der Waals surface area (Å²) in [5, 5.41) is 2.46. The lowest BCUT2D eigenvalue weighted by molar-refractivity contribution is 0.416. The van der Waals surface area contributed by atoms with E-state index in [-0.39, 0.29) is 0 Å². The molecular formula is C25H22O2. The summed E-state index contributed by atoms with van der Waals surface area (Å²) in [5.41, 5.74) is 5.72. The summed E-state index contributed by atoms with van der Waals surface area (Å²) in [6, 6.07) is 27.1. The van der Waals surface area contributed by atoms with Crippen LogP contribution >= 0.6 is 0 Å². The summed E-state index contributed by atoms with van der Waals surface area (Å²) >= 11 is 0. The average molecular weight is 354 g/mol. The molecule has 0 heterocycles. The van der Waals surface area contributed by atoms with Gasteiger partial charge in [0.2, 0.25) is 0 Å². The van der Waals surface area contributed by atoms with Crippen molar-refractivity contribution in [3.8, 4) is 33.8 Å². The zero-order chi connectivity index (χ0) is 18.8. The standard InChI is InChI=1S/C25H22O2/c1-17-19-11-5-4-10-18(19)16-22(20-12-6-8-14-23(20)26-2)25(17)21-13-7-9-15-24(21)27-3/h4-16H,1-3H3. The molecule has 0 aliphatic heterocycles. The van der Waals surface area contributed by atoms with Crippen LogP contribution in [0.25, 0.3) is 33.0 Å². The summed E-state index contributed by atoms with van der Waals surface area (Å²) in [6.45, 7) is 2.18. The minimum absolute atomic E-state index is 0.864. The van der Waals surface area contributed by atoms with Gasteiger partial charge in [0.1, 0.15) is 11.5 Å². The zero-order valence-electron chi connectivity index (χ0n) is 15.8. The third-order valence-corrected chi connectivity index (χ3v) is 5.08. The van der Waals surface area contributed by atoms with E-state index in [1.807, 2.05) is 30.3 Å². The normalized spacial score (nSPS) is 10.8. The molecule has 0 aromatic heterocycles. The van der Waals surface area contributed by atoms with Crippen LogP contribution in [0.3, 0.4) is 0 Å². The first-order chi connectivity index (χ1) is 13.2. The van der Waals surface area contributed by atoms with Crippen molar-refractivity contribution in [3.05, 3.63) is 84.4 Å². The van der Waals surface area contributed by atoms with Crippen molar-refractivity contribution in [2.75, 3.05) is 14.2 Å². The van der Waals surface area contributed by atoms with Crippen LogP contribution in [0.15, 0.2) is 78.9 Å². The number of rotatable bonds is 4. The Kier molecular flexibility index (Phi) is 4.55. The molecule has 2 heteroatoms. The SMILES string of the molecule is COc1ccccc1-c1cc2ccccc2c(C)c1-c1ccccc1OC. The number of aryl methyl sites for hydroxylation is 1. The second-order valence-electron chi connectivity index (χ2n) is 6.55. The van der Waals surface area contributed by atoms with Crippen molar-refractivity contribution in [3.63, 3.8) is 0 Å². The van der Waals surface area contributed by atoms with Crippen molar-refractivity contribution in [2.24, 2.45) is 0 Å². The van der Waals surface area contributed by atoms with Crippen molar-refractivity contribution in [2.45, 2.75) is 6.92 Å². The van der Waals surface area contributed by atoms with Crippen molar-refractivity contribution in [1.29, 1.82) is 0 Å². The van der Waals surface area contributed by atoms with Gasteiger partial charge in [-0.25, -0.2) is 0 Å². The summed E-state index contributed by atoms with van der Waals surface area (Å²) in [6.07, 6.45) is 0. The van der Waals surface area contributed by atoms with E-state index in [4.69, 9.17) is 9.47 Å². The van der Waals surface area contributed by atoms with Gasteiger partial charge in [-0.3, -0.25) is 0 Å². The predicted molar refractivity (Wildman–Crippen MR) is 113 cm³/mol. The molecule has 0 unspecified atom stereocenters. The van der Waals surface area contributed by atoms with Gasteiger partial charge in [-0.05, 0) is 52.6 Å². The molecule has 4 rings (SSSR count). The zero-order valence-corrected chi connectivity index (χ0v) is 15.8. The molecule has 0 atom stereocenters. The lowest BCUT2D eigenvalue weighted by atomic mass is 9.86. The highest BCUT2D eigenvalue weighted by atomic mass is 16.5. The molecule has 0 saturated carbocycles. The highest BCUT2D eigenvalue weighted by Gasteiger charge is 2.18. The van der Waals surface area contributed by atoms with Crippen LogP contribution in [0.1, 0.15) is 5.56 Å². The first-order valence-electron chi connectivity index (χ1n) is 9.03. The largest absolute Gasteiger partial charge is 0.496 e. The van der Waals surface area contributed by atoms with Gasteiger partial charge in [0, 0.05) is 11.1 Å². The maximum Gasteiger partial charge on any atom is 0.126 e. The van der Waals surface area contributed by atoms with Gasteiger partial charge in [0.15, 0.2) is 0 Å². The van der Waals surface area contributed by atoms with Crippen LogP contribution < -0.4 is 9.47 Å². The topological polar surface area (TPSA) is 18.5 Å². The second kappa shape index (κ2) is 7.16. The van der Waals surface area contributed by atoms with Gasteiger partial charge < -0.3 is 9.47 Å². The van der Waals surface area contributed by atoms with Crippen LogP contribution in [0.2, 0.25) is 0 Å². The summed E-state index contributed by atoms with van der Waals surface area (Å²) in [7, 11) is 3.44. The number of hydrogen-bond acceptors (Lipinski definition) is 2. The van der Waals surface area contributed by atoms with Crippen LogP contribution in [-0.2, 0) is 0 Å². The third kappa shape index (κ3) is 2.93. The molecule has 0 N–H and O–H groups in total. The fourth-order valence-electron chi connectivity index (χ4n) is 3.81. The highest BCUT2D eigenvalue weighted by molar-refractivity contribution is 6.01. The maximum atomic E-state index is 5.68. The minimum atomic E-state index is 0.864. The molecule has 27 heavy (non-hydrogen) atoms. The molecule has 0 aliphatic carbocycles. The van der Waals surface area contributed by atoms with Crippen molar-refractivity contribution < 1.29 is 9.47 Å². The van der Waals surface area contributed by atoms with E-state index in [0.717, 1.165) is 28.2 Å². The van der Waals surface area contributed by atoms with E-state index in [0.29, 0.717) is 0 Å². The van der Waals surface area contributed by atoms with Gasteiger partial charge in [-0.15, -0.1) is 0 Å². The Bertz CT molecular complexity index is 1110. The van der Waals surface area contributed by atoms with Crippen LogP contribution in [0.4, 0.5) is 0 Å². The van der Waals surface area contributed by atoms with E-state index in [9.17, 15) is 0 Å². The van der Waals surface area contributed by atoms with E-state index in [2.05, 4.69) is 55.5 Å². The van der Waals surface area contributed by atoms with Crippen LogP contribution in [0, 0.1) is 6.92 Å². The first-order valence-corrected chi connectivity index (χ1v) is 9.03. The Balaban J connectivity index is 2.14. The predicted octanol–water partition coefficient (Wildman–Crippen LogP) is 6.50. The Morgan fingerprint density at radius 3 is 1.85 bits per heavy atom. The third-order valence-electron chi connectivity index (χ3n) is 5.08. The molecule has 0 fully saturated rings. The highest BCUT2D eigenvalue weighted by Crippen LogP contribution is 2.44. The molecule has 0 radical (unpaired) electrons. The average Bonchev–Trinajstić information content (AvgIpc) is 2.73. The molecule has 2 nitrogen and oxygen atoms in total. The minimum Gasteiger partial charge on any atom is -0.496 e. The fraction of sp³-hybridized carbons (Fsp3) is 0.120. The fourth-order valence-corrected chi connectivity index (χ4v) is 3.81. The Labute approximate surface area is 160 Å². The molecule has 0 spiro atoms. The lowest BCUT2D eigenvalue weighted by Gasteiger charge is -2.19. The molecule has 0 amide bonds. The lowest BCUT2D eigenvalue weighted by Crippen LogP contribution is -1.96. The first kappa shape index (κ1) is 17.2. The number of methoxy groups -OCH3 is 2. The van der Waals surface area contributed by atoms with Gasteiger partial charge in [0.05, 0.1) is 14.2 Å². The molecule has 4 aromatic carbocycles. The van der Waals surface area contributed by atoms with Gasteiger partial charge >= 0.3 is 0 Å². The van der Waals surface area contributed by atoms with E-state index in [1.165, 1.54) is 21.9 Å². The van der Waals surface area contributed by atoms with Crippen molar-refractivity contribution >= 4 is 10.8 Å². The molecule has 0 aliphatic rings. The van der Waals surface area contributed by atoms with Crippen molar-refractivity contribution in [1.82, 2.24) is 0 Å². The molecule has 4 aromatic rings. The quantitative estimate of drug-likeness (QED) is 0.416. The van der Waals surface area contributed by atoms with Crippen LogP contribution in [0.5, 0.6) is 11.5 Å². The number of para-hydroxylation sites is 2. The van der Waals surface area contributed by atoms with Crippen LogP contribution in [-0.4, -0.2) is 14.2 Å². The Hall–Kier alpha value is -3.26. The number of benzene rings is 4. The number of fused-ring (bicyclic) bond motifs is 1. The summed E-state index contributed by atoms with van der Waals surface area (Å²) < 4.78 is 11.4. The molecule has 134 valence electrons. The van der Waals surface area contributed by atoms with Gasteiger partial charge in [0.25, 0.3) is 0 Å². The monoisotopic (exact) mass is 354 g/mol. The Morgan fingerprint density at radius 2 is 1.15 bits per heavy atom. The van der Waals surface area contributed by atoms with E-state index < -0.39 is 0 Å². The Morgan fingerprint density at radius 1 is 0.593 bits per heavy atom. The smallest absolute Gasteiger partial charge is 0.126 e. The van der Waals surface area contributed by atoms with E-state index in [1.54, 1.807) is 14.2 Å². The molecule has 0 bridgehead atoms. The van der Waals surface area contributed by atoms with Gasteiger partial charge in [-0.2, -0.15) is 0 Å². The second-order valence-corrected chi connectivity index (χ2v) is 6.55. The summed E-state index contributed by atoms with van der Waals surface area (Å²) in [5.74, 6) is 1.73. The van der Waals surface area contributed by atoms with E-state index >= 15 is 0 Å².